The first-order chi connectivity index (χ1) is 13.3. The molecule has 4 rings (SSSR count). The van der Waals surface area contributed by atoms with Crippen LogP contribution in [-0.4, -0.2) is 12.3 Å². The van der Waals surface area contributed by atoms with Crippen LogP contribution in [0, 0.1) is 5.41 Å². The Bertz CT molecular complexity index is 1080. The lowest BCUT2D eigenvalue weighted by Gasteiger charge is -2.25. The summed E-state index contributed by atoms with van der Waals surface area (Å²) in [6, 6.07) is 15.4. The van der Waals surface area contributed by atoms with Crippen molar-refractivity contribution in [2.24, 2.45) is 5.73 Å². The van der Waals surface area contributed by atoms with Gasteiger partial charge in [-0.25, -0.2) is 0 Å². The molecule has 0 bridgehead atoms. The molecule has 28 heavy (non-hydrogen) atoms. The standard InChI is InChI=1S/C21H16F3N3O/c22-21(23,24)28-16-9-4-13(5-10-16)12-27(20(25)26)18-11-8-15-7-6-14-2-1-3-17(18)19(14)15/h1-11H,12H2,(H3,25,26). The molecule has 0 amide bonds. The van der Waals surface area contributed by atoms with Crippen molar-refractivity contribution in [2.45, 2.75) is 12.9 Å². The predicted octanol–water partition coefficient (Wildman–Crippen LogP) is 5.12. The molecule has 3 aromatic rings. The van der Waals surface area contributed by atoms with Crippen molar-refractivity contribution in [2.75, 3.05) is 4.90 Å². The van der Waals surface area contributed by atoms with E-state index in [1.165, 1.54) is 24.3 Å². The van der Waals surface area contributed by atoms with E-state index in [1.54, 1.807) is 4.90 Å². The van der Waals surface area contributed by atoms with Gasteiger partial charge in [-0.2, -0.15) is 0 Å². The molecule has 0 fully saturated rings. The van der Waals surface area contributed by atoms with Crippen molar-refractivity contribution in [1.29, 1.82) is 5.41 Å². The third kappa shape index (κ3) is 3.38. The molecule has 7 heteroatoms. The molecule has 0 saturated carbocycles. The summed E-state index contributed by atoms with van der Waals surface area (Å²) in [6.45, 7) is 0.244. The summed E-state index contributed by atoms with van der Waals surface area (Å²) >= 11 is 0. The monoisotopic (exact) mass is 383 g/mol. The lowest BCUT2D eigenvalue weighted by molar-refractivity contribution is -0.274. The fourth-order valence-corrected chi connectivity index (χ4v) is 3.42. The van der Waals surface area contributed by atoms with Gasteiger partial charge in [0.25, 0.3) is 0 Å². The quantitative estimate of drug-likeness (QED) is 0.380. The average Bonchev–Trinajstić information content (AvgIpc) is 3.05. The van der Waals surface area contributed by atoms with Gasteiger partial charge in [0.1, 0.15) is 5.75 Å². The molecule has 0 aliphatic heterocycles. The van der Waals surface area contributed by atoms with Crippen molar-refractivity contribution >= 4 is 34.6 Å². The maximum absolute atomic E-state index is 12.3. The zero-order chi connectivity index (χ0) is 19.9. The average molecular weight is 383 g/mol. The molecule has 0 saturated heterocycles. The van der Waals surface area contributed by atoms with Crippen LogP contribution in [0.4, 0.5) is 18.9 Å². The minimum atomic E-state index is -4.73. The number of halogens is 3. The number of anilines is 1. The van der Waals surface area contributed by atoms with Gasteiger partial charge in [0.15, 0.2) is 5.96 Å². The molecule has 3 aromatic carbocycles. The lowest BCUT2D eigenvalue weighted by Crippen LogP contribution is -2.36. The highest BCUT2D eigenvalue weighted by atomic mass is 19.4. The first-order valence-corrected chi connectivity index (χ1v) is 8.52. The fraction of sp³-hybridized carbons (Fsp3) is 0.0952. The summed E-state index contributed by atoms with van der Waals surface area (Å²) in [5, 5.41) is 10.1. The van der Waals surface area contributed by atoms with E-state index >= 15 is 0 Å². The predicted molar refractivity (Wildman–Crippen MR) is 104 cm³/mol. The molecule has 1 aliphatic rings. The molecule has 0 aromatic heterocycles. The Kier molecular flexibility index (Phi) is 4.22. The number of nitrogens with zero attached hydrogens (tertiary/aromatic N) is 1. The molecule has 0 unspecified atom stereocenters. The highest BCUT2D eigenvalue weighted by Crippen LogP contribution is 2.37. The summed E-state index contributed by atoms with van der Waals surface area (Å²) < 4.78 is 40.9. The lowest BCUT2D eigenvalue weighted by atomic mass is 10.0. The third-order valence-electron chi connectivity index (χ3n) is 4.60. The van der Waals surface area contributed by atoms with Gasteiger partial charge in [0, 0.05) is 5.39 Å². The highest BCUT2D eigenvalue weighted by Gasteiger charge is 2.31. The number of nitrogens with two attached hydrogens (primary N) is 1. The van der Waals surface area contributed by atoms with E-state index in [0.29, 0.717) is 5.56 Å². The van der Waals surface area contributed by atoms with Crippen LogP contribution in [0.25, 0.3) is 22.9 Å². The molecule has 0 radical (unpaired) electrons. The Morgan fingerprint density at radius 2 is 1.64 bits per heavy atom. The van der Waals surface area contributed by atoms with E-state index in [9.17, 15) is 13.2 Å². The van der Waals surface area contributed by atoms with Gasteiger partial charge in [-0.1, -0.05) is 48.6 Å². The van der Waals surface area contributed by atoms with Gasteiger partial charge < -0.3 is 15.4 Å². The second-order valence-corrected chi connectivity index (χ2v) is 6.44. The SMILES string of the molecule is N=C(N)N(Cc1ccc(OC(F)(F)F)cc1)c1ccc2c3c(cccc13)C=C2. The number of benzene rings is 3. The van der Waals surface area contributed by atoms with Crippen molar-refractivity contribution < 1.29 is 17.9 Å². The molecule has 0 atom stereocenters. The number of ether oxygens (including phenoxy) is 1. The molecule has 1 aliphatic carbocycles. The largest absolute Gasteiger partial charge is 0.573 e. The highest BCUT2D eigenvalue weighted by molar-refractivity contribution is 6.12. The fourth-order valence-electron chi connectivity index (χ4n) is 3.42. The van der Waals surface area contributed by atoms with Gasteiger partial charge in [-0.15, -0.1) is 13.2 Å². The Balaban J connectivity index is 1.67. The summed E-state index contributed by atoms with van der Waals surface area (Å²) in [5.74, 6) is -0.440. The smallest absolute Gasteiger partial charge is 0.406 e. The Labute approximate surface area is 159 Å². The second kappa shape index (κ2) is 6.60. The molecular weight excluding hydrogens is 367 g/mol. The number of guanidine groups is 1. The molecule has 3 N–H and O–H groups in total. The molecular formula is C21H16F3N3O. The van der Waals surface area contributed by atoms with E-state index in [4.69, 9.17) is 11.1 Å². The van der Waals surface area contributed by atoms with E-state index in [0.717, 1.165) is 27.6 Å². The summed E-state index contributed by atoms with van der Waals surface area (Å²) in [6.07, 6.45) is -0.649. The number of rotatable bonds is 4. The van der Waals surface area contributed by atoms with Gasteiger partial charge in [-0.3, -0.25) is 5.41 Å². The van der Waals surface area contributed by atoms with Crippen molar-refractivity contribution in [3.8, 4) is 5.75 Å². The number of hydrogen-bond acceptors (Lipinski definition) is 2. The maximum Gasteiger partial charge on any atom is 0.573 e. The van der Waals surface area contributed by atoms with Crippen LogP contribution >= 0.6 is 0 Å². The van der Waals surface area contributed by atoms with Crippen molar-refractivity contribution in [3.63, 3.8) is 0 Å². The number of nitrogens with one attached hydrogen (secondary N) is 1. The van der Waals surface area contributed by atoms with Crippen LogP contribution in [0.15, 0.2) is 54.6 Å². The molecule has 0 heterocycles. The van der Waals surface area contributed by atoms with Crippen LogP contribution in [0.3, 0.4) is 0 Å². The van der Waals surface area contributed by atoms with Crippen LogP contribution in [0.2, 0.25) is 0 Å². The number of hydrogen-bond donors (Lipinski definition) is 2. The molecule has 0 spiro atoms. The minimum absolute atomic E-state index is 0.151. The van der Waals surface area contributed by atoms with Gasteiger partial charge in [0.2, 0.25) is 0 Å². The van der Waals surface area contributed by atoms with E-state index in [-0.39, 0.29) is 18.3 Å². The molecule has 142 valence electrons. The summed E-state index contributed by atoms with van der Waals surface area (Å²) in [4.78, 5) is 1.63. The summed E-state index contributed by atoms with van der Waals surface area (Å²) in [5.41, 5.74) is 9.51. The second-order valence-electron chi connectivity index (χ2n) is 6.44. The molecule has 4 nitrogen and oxygen atoms in total. The van der Waals surface area contributed by atoms with Crippen molar-refractivity contribution in [1.82, 2.24) is 0 Å². The Hall–Kier alpha value is -3.48. The Morgan fingerprint density at radius 1 is 0.964 bits per heavy atom. The zero-order valence-corrected chi connectivity index (χ0v) is 14.6. The van der Waals surface area contributed by atoms with E-state index in [1.807, 2.05) is 42.5 Å². The van der Waals surface area contributed by atoms with Crippen LogP contribution < -0.4 is 15.4 Å². The third-order valence-corrected chi connectivity index (χ3v) is 4.60. The Morgan fingerprint density at radius 3 is 2.29 bits per heavy atom. The van der Waals surface area contributed by atoms with E-state index in [2.05, 4.69) is 4.74 Å². The normalized spacial score (nSPS) is 12.4. The maximum atomic E-state index is 12.3. The summed E-state index contributed by atoms with van der Waals surface area (Å²) in [7, 11) is 0. The minimum Gasteiger partial charge on any atom is -0.406 e. The van der Waals surface area contributed by atoms with Crippen molar-refractivity contribution in [3.05, 3.63) is 71.3 Å². The van der Waals surface area contributed by atoms with Gasteiger partial charge >= 0.3 is 6.36 Å². The van der Waals surface area contributed by atoms with E-state index < -0.39 is 6.36 Å². The number of alkyl halides is 3. The van der Waals surface area contributed by atoms with Gasteiger partial charge in [-0.05, 0) is 40.3 Å². The van der Waals surface area contributed by atoms with Crippen LogP contribution in [-0.2, 0) is 6.54 Å². The van der Waals surface area contributed by atoms with Crippen LogP contribution in [0.5, 0.6) is 5.75 Å². The van der Waals surface area contributed by atoms with Gasteiger partial charge in [0.05, 0.1) is 12.2 Å². The zero-order valence-electron chi connectivity index (χ0n) is 14.6. The topological polar surface area (TPSA) is 62.3 Å². The van der Waals surface area contributed by atoms with Crippen LogP contribution in [0.1, 0.15) is 16.7 Å². The first kappa shape index (κ1) is 17.9. The first-order valence-electron chi connectivity index (χ1n) is 8.52.